The first-order valence-corrected chi connectivity index (χ1v) is 4.32. The fourth-order valence-corrected chi connectivity index (χ4v) is 0.820. The van der Waals surface area contributed by atoms with Crippen molar-refractivity contribution in [3.8, 4) is 11.6 Å². The Morgan fingerprint density at radius 1 is 1.56 bits per heavy atom. The summed E-state index contributed by atoms with van der Waals surface area (Å²) in [6.07, 6.45) is -3.39. The van der Waals surface area contributed by atoms with Gasteiger partial charge in [0.15, 0.2) is 0 Å². The van der Waals surface area contributed by atoms with E-state index in [2.05, 4.69) is 31.0 Å². The van der Waals surface area contributed by atoms with Crippen LogP contribution in [0.25, 0.3) is 0 Å². The van der Waals surface area contributed by atoms with Gasteiger partial charge >= 0.3 is 6.11 Å². The third kappa shape index (κ3) is 2.78. The summed E-state index contributed by atoms with van der Waals surface area (Å²) in [6, 6.07) is 0. The second-order valence-electron chi connectivity index (χ2n) is 2.57. The highest BCUT2D eigenvalue weighted by atomic mass is 35.5. The second-order valence-corrected chi connectivity index (χ2v) is 2.95. The summed E-state index contributed by atoms with van der Waals surface area (Å²) in [5.41, 5.74) is 2.18. The molecule has 0 aromatic carbocycles. The zero-order valence-corrected chi connectivity index (χ0v) is 8.71. The monoisotopic (exact) mass is 257 g/mol. The van der Waals surface area contributed by atoms with E-state index in [0.29, 0.717) is 0 Å². The predicted molar refractivity (Wildman–Crippen MR) is 49.3 cm³/mol. The predicted octanol–water partition coefficient (Wildman–Crippen LogP) is 1.57. The van der Waals surface area contributed by atoms with E-state index in [0.717, 1.165) is 13.3 Å². The number of anilines is 1. The number of hydrogen-bond acceptors (Lipinski definition) is 5. The summed E-state index contributed by atoms with van der Waals surface area (Å²) >= 11 is 4.60. The van der Waals surface area contributed by atoms with Gasteiger partial charge in [0.2, 0.25) is 11.7 Å². The van der Waals surface area contributed by atoms with Gasteiger partial charge in [-0.3, -0.25) is 0 Å². The van der Waals surface area contributed by atoms with Crippen molar-refractivity contribution in [2.24, 2.45) is 0 Å². The average molecular weight is 258 g/mol. The van der Waals surface area contributed by atoms with Crippen LogP contribution in [-0.4, -0.2) is 28.8 Å². The molecule has 90 valence electrons. The van der Waals surface area contributed by atoms with Crippen LogP contribution in [0.1, 0.15) is 0 Å². The van der Waals surface area contributed by atoms with E-state index in [1.54, 1.807) is 0 Å². The highest BCUT2D eigenvalue weighted by molar-refractivity contribution is 6.20. The zero-order chi connectivity index (χ0) is 12.3. The summed E-state index contributed by atoms with van der Waals surface area (Å²) in [4.78, 5) is 6.85. The van der Waals surface area contributed by atoms with Crippen LogP contribution in [0.4, 0.5) is 19.1 Å². The molecule has 1 atom stereocenters. The van der Waals surface area contributed by atoms with Crippen LogP contribution < -0.4 is 15.2 Å². The molecule has 1 aromatic rings. The molecule has 1 heterocycles. The maximum Gasteiger partial charge on any atom is 0.444 e. The smallest absolute Gasteiger partial charge is 0.444 e. The SMILES string of the molecule is COc1nc(N)ncc1OC(F)(F)C(F)Cl. The molecule has 0 spiro atoms. The number of hydrogen-bond donors (Lipinski definition) is 1. The molecule has 16 heavy (non-hydrogen) atoms. The molecule has 0 aliphatic carbocycles. The minimum absolute atomic E-state index is 0.199. The number of aromatic nitrogens is 2. The molecule has 0 radical (unpaired) electrons. The first-order chi connectivity index (χ1) is 7.36. The minimum atomic E-state index is -4.21. The molecule has 1 rings (SSSR count). The zero-order valence-electron chi connectivity index (χ0n) is 7.95. The molecule has 0 saturated carbocycles. The Balaban J connectivity index is 2.97. The second kappa shape index (κ2) is 4.60. The number of ether oxygens (including phenoxy) is 2. The molecule has 9 heteroatoms. The van der Waals surface area contributed by atoms with Crippen LogP contribution in [0.5, 0.6) is 11.6 Å². The van der Waals surface area contributed by atoms with Crippen LogP contribution >= 0.6 is 11.6 Å². The highest BCUT2D eigenvalue weighted by Crippen LogP contribution is 2.33. The van der Waals surface area contributed by atoms with Crippen LogP contribution in [-0.2, 0) is 0 Å². The molecule has 0 aliphatic heterocycles. The number of nitrogens with two attached hydrogens (primary N) is 1. The van der Waals surface area contributed by atoms with Gasteiger partial charge in [-0.05, 0) is 0 Å². The minimum Gasteiger partial charge on any atom is -0.478 e. The third-order valence-corrected chi connectivity index (χ3v) is 1.69. The molecule has 0 saturated heterocycles. The summed E-state index contributed by atoms with van der Waals surface area (Å²) in [5.74, 6) is -1.11. The van der Waals surface area contributed by atoms with E-state index in [1.165, 1.54) is 0 Å². The summed E-state index contributed by atoms with van der Waals surface area (Å²) in [7, 11) is 1.15. The number of nitrogen functional groups attached to an aromatic ring is 1. The standard InChI is InChI=1S/C7H7ClF3N3O2/c1-15-4-3(2-13-6(12)14-4)16-7(10,11)5(8)9/h2,5H,1H3,(H2,12,13,14). The quantitative estimate of drug-likeness (QED) is 0.829. The van der Waals surface area contributed by atoms with E-state index in [4.69, 9.17) is 5.73 Å². The van der Waals surface area contributed by atoms with Gasteiger partial charge in [-0.15, -0.1) is 0 Å². The van der Waals surface area contributed by atoms with Crippen molar-refractivity contribution in [3.05, 3.63) is 6.20 Å². The lowest BCUT2D eigenvalue weighted by Crippen LogP contribution is -2.33. The largest absolute Gasteiger partial charge is 0.478 e. The molecule has 0 fully saturated rings. The van der Waals surface area contributed by atoms with Crippen LogP contribution in [0.3, 0.4) is 0 Å². The first kappa shape index (κ1) is 12.6. The van der Waals surface area contributed by atoms with E-state index in [-0.39, 0.29) is 11.8 Å². The molecule has 5 nitrogen and oxygen atoms in total. The van der Waals surface area contributed by atoms with Gasteiger partial charge < -0.3 is 15.2 Å². The van der Waals surface area contributed by atoms with E-state index in [1.807, 2.05) is 0 Å². The summed E-state index contributed by atoms with van der Waals surface area (Å²) < 4.78 is 46.4. The summed E-state index contributed by atoms with van der Waals surface area (Å²) in [6.45, 7) is 0. The Hall–Kier alpha value is -1.44. The molecule has 0 bridgehead atoms. The number of alkyl halides is 4. The number of halogens is 4. The topological polar surface area (TPSA) is 70.3 Å². The van der Waals surface area contributed by atoms with Crippen molar-refractivity contribution < 1.29 is 22.6 Å². The van der Waals surface area contributed by atoms with Crippen molar-refractivity contribution in [2.45, 2.75) is 11.7 Å². The lowest BCUT2D eigenvalue weighted by atomic mass is 10.5. The fraction of sp³-hybridized carbons (Fsp3) is 0.429. The number of nitrogens with zero attached hydrogens (tertiary/aromatic N) is 2. The highest BCUT2D eigenvalue weighted by Gasteiger charge is 2.43. The van der Waals surface area contributed by atoms with Crippen LogP contribution in [0.2, 0.25) is 0 Å². The van der Waals surface area contributed by atoms with Crippen LogP contribution in [0, 0.1) is 0 Å². The molecule has 1 unspecified atom stereocenters. The van der Waals surface area contributed by atoms with E-state index in [9.17, 15) is 13.2 Å². The van der Waals surface area contributed by atoms with Gasteiger partial charge in [0, 0.05) is 0 Å². The molecular weight excluding hydrogens is 251 g/mol. The molecule has 1 aromatic heterocycles. The lowest BCUT2D eigenvalue weighted by Gasteiger charge is -2.18. The maximum absolute atomic E-state index is 12.8. The molecule has 0 aliphatic rings. The lowest BCUT2D eigenvalue weighted by molar-refractivity contribution is -0.199. The first-order valence-electron chi connectivity index (χ1n) is 3.88. The normalized spacial score (nSPS) is 13.3. The van der Waals surface area contributed by atoms with Crippen molar-refractivity contribution in [1.82, 2.24) is 9.97 Å². The Bertz CT molecular complexity index is 378. The van der Waals surface area contributed by atoms with Gasteiger partial charge in [0.25, 0.3) is 11.5 Å². The van der Waals surface area contributed by atoms with Gasteiger partial charge in [-0.1, -0.05) is 11.6 Å². The van der Waals surface area contributed by atoms with Crippen molar-refractivity contribution >= 4 is 17.5 Å². The van der Waals surface area contributed by atoms with Crippen molar-refractivity contribution in [3.63, 3.8) is 0 Å². The van der Waals surface area contributed by atoms with Crippen molar-refractivity contribution in [2.75, 3.05) is 12.8 Å². The Morgan fingerprint density at radius 2 is 2.19 bits per heavy atom. The van der Waals surface area contributed by atoms with Crippen LogP contribution in [0.15, 0.2) is 6.20 Å². The van der Waals surface area contributed by atoms with Gasteiger partial charge in [0.05, 0.1) is 13.3 Å². The van der Waals surface area contributed by atoms with Crippen molar-refractivity contribution in [1.29, 1.82) is 0 Å². The van der Waals surface area contributed by atoms with Gasteiger partial charge in [-0.2, -0.15) is 13.8 Å². The summed E-state index contributed by atoms with van der Waals surface area (Å²) in [5, 5.41) is 0. The fourth-order valence-electron chi connectivity index (χ4n) is 0.775. The van der Waals surface area contributed by atoms with E-state index >= 15 is 0 Å². The molecular formula is C7H7ClF3N3O2. The Morgan fingerprint density at radius 3 is 2.69 bits per heavy atom. The molecule has 0 amide bonds. The average Bonchev–Trinajstić information content (AvgIpc) is 2.20. The van der Waals surface area contributed by atoms with Gasteiger partial charge in [0.1, 0.15) is 0 Å². The Kier molecular flexibility index (Phi) is 3.63. The Labute approximate surface area is 93.3 Å². The van der Waals surface area contributed by atoms with Gasteiger partial charge in [-0.25, -0.2) is 9.37 Å². The number of rotatable bonds is 4. The third-order valence-electron chi connectivity index (χ3n) is 1.43. The van der Waals surface area contributed by atoms with E-state index < -0.39 is 17.5 Å². The maximum atomic E-state index is 12.8. The number of methoxy groups -OCH3 is 1. The molecule has 2 N–H and O–H groups in total.